The summed E-state index contributed by atoms with van der Waals surface area (Å²) in [4.78, 5) is 18.2. The summed E-state index contributed by atoms with van der Waals surface area (Å²) in [7, 11) is 0. The number of aromatic carboxylic acids is 1. The molecule has 0 spiro atoms. The van der Waals surface area contributed by atoms with Gasteiger partial charge in [0.2, 0.25) is 0 Å². The van der Waals surface area contributed by atoms with Gasteiger partial charge in [-0.15, -0.1) is 0 Å². The summed E-state index contributed by atoms with van der Waals surface area (Å²) in [5.74, 6) is -0.249. The molecular formula is C17H20N2O2. The number of anilines is 1. The van der Waals surface area contributed by atoms with E-state index in [2.05, 4.69) is 22.9 Å². The Bertz CT molecular complexity index is 696. The number of aryl methyl sites for hydroxylation is 1. The Labute approximate surface area is 124 Å². The molecule has 4 heteroatoms. The first-order valence-electron chi connectivity index (χ1n) is 7.45. The van der Waals surface area contributed by atoms with Gasteiger partial charge in [-0.2, -0.15) is 0 Å². The Morgan fingerprint density at radius 3 is 2.95 bits per heavy atom. The maximum atomic E-state index is 11.4. The lowest BCUT2D eigenvalue weighted by atomic mass is 9.98. The molecule has 1 fully saturated rings. The third-order valence-electron chi connectivity index (χ3n) is 4.17. The van der Waals surface area contributed by atoms with Crippen LogP contribution in [-0.2, 0) is 0 Å². The number of hydrogen-bond donors (Lipinski definition) is 1. The number of piperidine rings is 1. The van der Waals surface area contributed by atoms with Crippen molar-refractivity contribution in [1.82, 2.24) is 4.98 Å². The van der Waals surface area contributed by atoms with E-state index in [1.807, 2.05) is 13.0 Å². The van der Waals surface area contributed by atoms with E-state index in [1.54, 1.807) is 12.1 Å². The van der Waals surface area contributed by atoms with E-state index in [0.717, 1.165) is 29.9 Å². The zero-order valence-corrected chi connectivity index (χ0v) is 12.5. The number of benzene rings is 1. The molecule has 2 heterocycles. The fourth-order valence-corrected chi connectivity index (χ4v) is 3.20. The van der Waals surface area contributed by atoms with Crippen molar-refractivity contribution < 1.29 is 9.90 Å². The van der Waals surface area contributed by atoms with Crippen molar-refractivity contribution >= 4 is 22.6 Å². The highest BCUT2D eigenvalue weighted by atomic mass is 16.4. The van der Waals surface area contributed by atoms with Crippen LogP contribution < -0.4 is 4.90 Å². The maximum Gasteiger partial charge on any atom is 0.337 e. The first-order chi connectivity index (χ1) is 10.1. The van der Waals surface area contributed by atoms with Gasteiger partial charge in [-0.05, 0) is 37.8 Å². The second-order valence-corrected chi connectivity index (χ2v) is 5.98. The normalized spacial score (nSPS) is 19.0. The molecule has 1 unspecified atom stereocenters. The second-order valence-electron chi connectivity index (χ2n) is 5.98. The monoisotopic (exact) mass is 284 g/mol. The van der Waals surface area contributed by atoms with Gasteiger partial charge in [0.05, 0.1) is 11.1 Å². The highest BCUT2D eigenvalue weighted by Gasteiger charge is 2.20. The molecule has 21 heavy (non-hydrogen) atoms. The minimum Gasteiger partial charge on any atom is -0.478 e. The van der Waals surface area contributed by atoms with E-state index in [1.165, 1.54) is 12.8 Å². The fraction of sp³-hybridized carbons (Fsp3) is 0.412. The molecule has 4 nitrogen and oxygen atoms in total. The zero-order valence-electron chi connectivity index (χ0n) is 12.5. The Balaban J connectivity index is 2.18. The molecular weight excluding hydrogens is 264 g/mol. The van der Waals surface area contributed by atoms with Crippen molar-refractivity contribution in [2.24, 2.45) is 5.92 Å². The lowest BCUT2D eigenvalue weighted by Crippen LogP contribution is -2.34. The lowest BCUT2D eigenvalue weighted by molar-refractivity contribution is 0.0699. The second kappa shape index (κ2) is 5.35. The summed E-state index contributed by atoms with van der Waals surface area (Å²) in [6, 6.07) is 7.48. The molecule has 0 saturated carbocycles. The quantitative estimate of drug-likeness (QED) is 0.917. The third-order valence-corrected chi connectivity index (χ3v) is 4.17. The highest BCUT2D eigenvalue weighted by Crippen LogP contribution is 2.31. The Morgan fingerprint density at radius 1 is 1.43 bits per heavy atom. The minimum atomic E-state index is -0.920. The molecule has 1 aromatic heterocycles. The molecule has 1 aromatic carbocycles. The molecule has 1 aliphatic heterocycles. The van der Waals surface area contributed by atoms with Gasteiger partial charge < -0.3 is 10.0 Å². The number of carboxylic acid groups (broad SMARTS) is 1. The number of para-hydroxylation sites is 1. The van der Waals surface area contributed by atoms with E-state index in [9.17, 15) is 9.90 Å². The van der Waals surface area contributed by atoms with E-state index in [4.69, 9.17) is 0 Å². The van der Waals surface area contributed by atoms with Gasteiger partial charge in [0.1, 0.15) is 0 Å². The van der Waals surface area contributed by atoms with Gasteiger partial charge in [-0.25, -0.2) is 4.79 Å². The minimum absolute atomic E-state index is 0.280. The molecule has 0 radical (unpaired) electrons. The van der Waals surface area contributed by atoms with Gasteiger partial charge >= 0.3 is 5.97 Å². The van der Waals surface area contributed by atoms with E-state index < -0.39 is 5.97 Å². The summed E-state index contributed by atoms with van der Waals surface area (Å²) in [5, 5.41) is 10.3. The number of fused-ring (bicyclic) bond motifs is 1. The van der Waals surface area contributed by atoms with Gasteiger partial charge in [-0.1, -0.05) is 19.1 Å². The van der Waals surface area contributed by atoms with Crippen LogP contribution in [0.4, 0.5) is 5.69 Å². The molecule has 3 rings (SSSR count). The van der Waals surface area contributed by atoms with Crippen molar-refractivity contribution in [3.63, 3.8) is 0 Å². The molecule has 1 N–H and O–H groups in total. The van der Waals surface area contributed by atoms with Crippen LogP contribution in [0, 0.1) is 12.8 Å². The smallest absolute Gasteiger partial charge is 0.337 e. The molecule has 0 bridgehead atoms. The summed E-state index contributed by atoms with van der Waals surface area (Å²) in [5.41, 5.74) is 2.86. The van der Waals surface area contributed by atoms with Crippen molar-refractivity contribution in [1.29, 1.82) is 0 Å². The summed E-state index contributed by atoms with van der Waals surface area (Å²) in [6.07, 6.45) is 2.45. The van der Waals surface area contributed by atoms with Crippen molar-refractivity contribution in [3.8, 4) is 0 Å². The predicted octanol–water partition coefficient (Wildman–Crippen LogP) is 3.48. The number of carboxylic acids is 1. The van der Waals surface area contributed by atoms with Gasteiger partial charge in [0.25, 0.3) is 0 Å². The van der Waals surface area contributed by atoms with Gasteiger partial charge in [0, 0.05) is 29.9 Å². The molecule has 0 aliphatic carbocycles. The molecule has 1 saturated heterocycles. The van der Waals surface area contributed by atoms with Crippen LogP contribution in [0.2, 0.25) is 0 Å². The van der Waals surface area contributed by atoms with E-state index >= 15 is 0 Å². The number of aromatic nitrogens is 1. The van der Waals surface area contributed by atoms with Crippen molar-refractivity contribution in [2.45, 2.75) is 26.7 Å². The molecule has 0 amide bonds. The lowest BCUT2D eigenvalue weighted by Gasteiger charge is -2.33. The van der Waals surface area contributed by atoms with Gasteiger partial charge in [0.15, 0.2) is 0 Å². The van der Waals surface area contributed by atoms with Crippen LogP contribution in [0.25, 0.3) is 10.9 Å². The summed E-state index contributed by atoms with van der Waals surface area (Å²) < 4.78 is 0. The van der Waals surface area contributed by atoms with Crippen LogP contribution in [0.3, 0.4) is 0 Å². The average Bonchev–Trinajstić information content (AvgIpc) is 2.45. The maximum absolute atomic E-state index is 11.4. The standard InChI is InChI=1S/C17H20N2O2/c1-11-5-4-8-19(10-11)15-9-12(2)18-16-13(15)6-3-7-14(16)17(20)21/h3,6-7,9,11H,4-5,8,10H2,1-2H3,(H,20,21). The predicted molar refractivity (Wildman–Crippen MR) is 84.1 cm³/mol. The topological polar surface area (TPSA) is 53.4 Å². The van der Waals surface area contributed by atoms with Gasteiger partial charge in [-0.3, -0.25) is 4.98 Å². The van der Waals surface area contributed by atoms with Crippen LogP contribution in [-0.4, -0.2) is 29.1 Å². The largest absolute Gasteiger partial charge is 0.478 e. The summed E-state index contributed by atoms with van der Waals surface area (Å²) >= 11 is 0. The third kappa shape index (κ3) is 2.58. The first kappa shape index (κ1) is 13.9. The van der Waals surface area contributed by atoms with Crippen molar-refractivity contribution in [3.05, 3.63) is 35.5 Å². The zero-order chi connectivity index (χ0) is 15.0. The van der Waals surface area contributed by atoms with Crippen LogP contribution in [0.15, 0.2) is 24.3 Å². The molecule has 1 aliphatic rings. The Hall–Kier alpha value is -2.10. The fourth-order valence-electron chi connectivity index (χ4n) is 3.20. The molecule has 2 aromatic rings. The first-order valence-corrected chi connectivity index (χ1v) is 7.45. The van der Waals surface area contributed by atoms with E-state index in [0.29, 0.717) is 11.4 Å². The van der Waals surface area contributed by atoms with E-state index in [-0.39, 0.29) is 5.56 Å². The Morgan fingerprint density at radius 2 is 2.24 bits per heavy atom. The van der Waals surface area contributed by atoms with Crippen LogP contribution in [0.5, 0.6) is 0 Å². The van der Waals surface area contributed by atoms with Crippen LogP contribution in [0.1, 0.15) is 35.8 Å². The number of rotatable bonds is 2. The average molecular weight is 284 g/mol. The van der Waals surface area contributed by atoms with Crippen molar-refractivity contribution in [2.75, 3.05) is 18.0 Å². The number of pyridine rings is 1. The number of nitrogens with zero attached hydrogens (tertiary/aromatic N) is 2. The molecule has 110 valence electrons. The van der Waals surface area contributed by atoms with Crippen LogP contribution >= 0.6 is 0 Å². The number of hydrogen-bond acceptors (Lipinski definition) is 3. The molecule has 1 atom stereocenters. The number of carbonyl (C=O) groups is 1. The highest BCUT2D eigenvalue weighted by molar-refractivity contribution is 6.05. The summed E-state index contributed by atoms with van der Waals surface area (Å²) in [6.45, 7) is 6.25. The Kier molecular flexibility index (Phi) is 3.53. The SMILES string of the molecule is Cc1cc(N2CCCC(C)C2)c2cccc(C(=O)O)c2n1.